The number of fused-ring (bicyclic) bond motifs is 1. The molecule has 0 bridgehead atoms. The number of pyridine rings is 1. The predicted molar refractivity (Wildman–Crippen MR) is 110 cm³/mol. The van der Waals surface area contributed by atoms with Gasteiger partial charge < -0.3 is 13.4 Å². The molecule has 168 valence electrons. The van der Waals surface area contributed by atoms with Gasteiger partial charge in [0.15, 0.2) is 0 Å². The second-order valence-electron chi connectivity index (χ2n) is 6.90. The van der Waals surface area contributed by atoms with Crippen LogP contribution in [0.15, 0.2) is 59.4 Å². The highest BCUT2D eigenvalue weighted by Crippen LogP contribution is 2.46. The third-order valence-electron chi connectivity index (χ3n) is 4.51. The van der Waals surface area contributed by atoms with Crippen molar-refractivity contribution in [1.82, 2.24) is 24.6 Å². The SMILES string of the molecule is CCOP(=O)(Cc1cn2ccc(-c3noc(C(F)(F)F)n3)cc2n1)NCc1ccccc1. The molecule has 12 heteroatoms. The zero-order valence-electron chi connectivity index (χ0n) is 16.9. The van der Waals surface area contributed by atoms with Crippen molar-refractivity contribution < 1.29 is 26.8 Å². The number of imidazole rings is 1. The molecule has 0 radical (unpaired) electrons. The molecule has 0 aliphatic carbocycles. The number of hydrogen-bond acceptors (Lipinski definition) is 6. The Hall–Kier alpha value is -3.01. The first kappa shape index (κ1) is 22.2. The summed E-state index contributed by atoms with van der Waals surface area (Å²) in [4.78, 5) is 7.83. The van der Waals surface area contributed by atoms with Gasteiger partial charge in [-0.25, -0.2) is 10.1 Å². The molecule has 3 heterocycles. The van der Waals surface area contributed by atoms with Gasteiger partial charge in [0, 0.05) is 24.5 Å². The van der Waals surface area contributed by atoms with Crippen molar-refractivity contribution in [3.63, 3.8) is 0 Å². The van der Waals surface area contributed by atoms with Crippen molar-refractivity contribution in [2.45, 2.75) is 25.8 Å². The van der Waals surface area contributed by atoms with Gasteiger partial charge in [0.2, 0.25) is 5.82 Å². The lowest BCUT2D eigenvalue weighted by Crippen LogP contribution is -2.14. The fourth-order valence-corrected chi connectivity index (χ4v) is 4.80. The van der Waals surface area contributed by atoms with E-state index < -0.39 is 19.6 Å². The van der Waals surface area contributed by atoms with Crippen LogP contribution < -0.4 is 5.09 Å². The van der Waals surface area contributed by atoms with Gasteiger partial charge in [0.25, 0.3) is 7.52 Å². The monoisotopic (exact) mass is 465 g/mol. The number of benzene rings is 1. The molecular formula is C20H19F3N5O3P. The maximum atomic E-state index is 13.3. The third-order valence-corrected chi connectivity index (χ3v) is 6.57. The number of halogens is 3. The maximum absolute atomic E-state index is 13.3. The molecule has 3 aromatic heterocycles. The van der Waals surface area contributed by atoms with Crippen LogP contribution in [0.5, 0.6) is 0 Å². The molecular weight excluding hydrogens is 446 g/mol. The van der Waals surface area contributed by atoms with Crippen LogP contribution in [0.3, 0.4) is 0 Å². The smallest absolute Gasteiger partial charge is 0.329 e. The van der Waals surface area contributed by atoms with Gasteiger partial charge in [-0.05, 0) is 24.6 Å². The molecule has 32 heavy (non-hydrogen) atoms. The van der Waals surface area contributed by atoms with E-state index in [9.17, 15) is 17.7 Å². The van der Waals surface area contributed by atoms with E-state index in [0.717, 1.165) is 5.56 Å². The Labute approximate surface area is 180 Å². The fourth-order valence-electron chi connectivity index (χ4n) is 3.08. The van der Waals surface area contributed by atoms with Crippen molar-refractivity contribution in [1.29, 1.82) is 0 Å². The summed E-state index contributed by atoms with van der Waals surface area (Å²) in [6, 6.07) is 12.6. The molecule has 1 aromatic carbocycles. The van der Waals surface area contributed by atoms with Crippen LogP contribution in [-0.4, -0.2) is 26.1 Å². The number of hydrogen-bond donors (Lipinski definition) is 1. The van der Waals surface area contributed by atoms with Crippen LogP contribution in [0.4, 0.5) is 13.2 Å². The van der Waals surface area contributed by atoms with E-state index in [1.807, 2.05) is 30.3 Å². The number of nitrogens with zero attached hydrogens (tertiary/aromatic N) is 4. The van der Waals surface area contributed by atoms with Gasteiger partial charge in [-0.3, -0.25) is 4.57 Å². The fraction of sp³-hybridized carbons (Fsp3) is 0.250. The Kier molecular flexibility index (Phi) is 6.14. The minimum atomic E-state index is -4.72. The number of aromatic nitrogens is 4. The standard InChI is InChI=1S/C20H19F3N5O3P/c1-2-30-32(29,24-11-14-6-4-3-5-7-14)13-16-12-28-9-8-15(10-17(28)25-16)18-26-19(31-27-18)20(21,22)23/h3-10,12H,2,11,13H2,1H3,(H,24,29). The molecule has 0 spiro atoms. The minimum Gasteiger partial charge on any atom is -0.329 e. The average Bonchev–Trinajstić information content (AvgIpc) is 3.39. The predicted octanol–water partition coefficient (Wildman–Crippen LogP) is 4.92. The first-order valence-corrected chi connectivity index (χ1v) is 11.5. The van der Waals surface area contributed by atoms with E-state index in [2.05, 4.69) is 24.7 Å². The van der Waals surface area contributed by atoms with Gasteiger partial charge in [-0.1, -0.05) is 35.5 Å². The van der Waals surface area contributed by atoms with Gasteiger partial charge >= 0.3 is 12.1 Å². The lowest BCUT2D eigenvalue weighted by Gasteiger charge is -2.18. The number of nitrogens with one attached hydrogen (secondary N) is 1. The molecule has 1 N–H and O–H groups in total. The highest BCUT2D eigenvalue weighted by atomic mass is 31.2. The molecule has 0 aliphatic rings. The van der Waals surface area contributed by atoms with Crippen molar-refractivity contribution in [2.24, 2.45) is 0 Å². The Morgan fingerprint density at radius 1 is 1.19 bits per heavy atom. The van der Waals surface area contributed by atoms with Gasteiger partial charge in [0.1, 0.15) is 5.65 Å². The van der Waals surface area contributed by atoms with Crippen molar-refractivity contribution in [3.05, 3.63) is 72.0 Å². The minimum absolute atomic E-state index is 0.0467. The van der Waals surface area contributed by atoms with Crippen LogP contribution in [0.2, 0.25) is 0 Å². The summed E-state index contributed by atoms with van der Waals surface area (Å²) in [6.07, 6.45) is -1.38. The molecule has 4 rings (SSSR count). The van der Waals surface area contributed by atoms with E-state index in [4.69, 9.17) is 4.52 Å². The Balaban J connectivity index is 1.54. The van der Waals surface area contributed by atoms with Crippen LogP contribution in [0, 0.1) is 0 Å². The molecule has 4 aromatic rings. The van der Waals surface area contributed by atoms with Gasteiger partial charge in [-0.2, -0.15) is 18.2 Å². The quantitative estimate of drug-likeness (QED) is 0.369. The van der Waals surface area contributed by atoms with E-state index in [1.54, 1.807) is 29.8 Å². The summed E-state index contributed by atoms with van der Waals surface area (Å²) in [5.74, 6) is -1.62. The second-order valence-corrected chi connectivity index (χ2v) is 9.14. The average molecular weight is 465 g/mol. The molecule has 0 saturated heterocycles. The molecule has 0 fully saturated rings. The lowest BCUT2D eigenvalue weighted by atomic mass is 10.2. The summed E-state index contributed by atoms with van der Waals surface area (Å²) in [5.41, 5.74) is 2.21. The molecule has 8 nitrogen and oxygen atoms in total. The van der Waals surface area contributed by atoms with E-state index in [1.165, 1.54) is 6.07 Å². The van der Waals surface area contributed by atoms with Crippen LogP contribution in [0.25, 0.3) is 17.0 Å². The van der Waals surface area contributed by atoms with Crippen molar-refractivity contribution >= 4 is 13.2 Å². The van der Waals surface area contributed by atoms with Crippen LogP contribution >= 0.6 is 7.52 Å². The Bertz CT molecular complexity index is 1260. The Morgan fingerprint density at radius 3 is 2.66 bits per heavy atom. The highest BCUT2D eigenvalue weighted by molar-refractivity contribution is 7.56. The lowest BCUT2D eigenvalue weighted by molar-refractivity contribution is -0.159. The Morgan fingerprint density at radius 2 is 1.97 bits per heavy atom. The highest BCUT2D eigenvalue weighted by Gasteiger charge is 2.38. The molecule has 1 atom stereocenters. The second kappa shape index (κ2) is 8.85. The zero-order valence-corrected chi connectivity index (χ0v) is 17.8. The maximum Gasteiger partial charge on any atom is 0.471 e. The third kappa shape index (κ3) is 5.07. The van der Waals surface area contributed by atoms with Crippen LogP contribution in [0.1, 0.15) is 24.1 Å². The first-order valence-electron chi connectivity index (χ1n) is 9.67. The molecule has 1 unspecified atom stereocenters. The number of alkyl halides is 3. The van der Waals surface area contributed by atoms with E-state index >= 15 is 0 Å². The molecule has 0 amide bonds. The van der Waals surface area contributed by atoms with Gasteiger partial charge in [-0.15, -0.1) is 0 Å². The zero-order chi connectivity index (χ0) is 22.8. The summed E-state index contributed by atoms with van der Waals surface area (Å²) >= 11 is 0. The normalized spacial score (nSPS) is 14.0. The summed E-state index contributed by atoms with van der Waals surface area (Å²) in [6.45, 7) is 2.39. The summed E-state index contributed by atoms with van der Waals surface area (Å²) in [7, 11) is -3.24. The number of rotatable bonds is 8. The molecule has 0 saturated carbocycles. The van der Waals surface area contributed by atoms with Crippen molar-refractivity contribution in [2.75, 3.05) is 6.61 Å². The van der Waals surface area contributed by atoms with Gasteiger partial charge in [0.05, 0.1) is 18.5 Å². The van der Waals surface area contributed by atoms with Crippen molar-refractivity contribution in [3.8, 4) is 11.4 Å². The summed E-state index contributed by atoms with van der Waals surface area (Å²) < 4.78 is 62.9. The largest absolute Gasteiger partial charge is 0.471 e. The topological polar surface area (TPSA) is 94.5 Å². The summed E-state index contributed by atoms with van der Waals surface area (Å²) in [5, 5.41) is 6.39. The van der Waals surface area contributed by atoms with E-state index in [0.29, 0.717) is 23.4 Å². The molecule has 0 aliphatic heterocycles. The first-order chi connectivity index (χ1) is 15.3. The van der Waals surface area contributed by atoms with Crippen LogP contribution in [-0.2, 0) is 28.0 Å². The van der Waals surface area contributed by atoms with E-state index in [-0.39, 0.29) is 18.6 Å².